The highest BCUT2D eigenvalue weighted by molar-refractivity contribution is 5.69. The Bertz CT molecular complexity index is 470. The molecule has 6 nitrogen and oxygen atoms in total. The summed E-state index contributed by atoms with van der Waals surface area (Å²) >= 11 is 0. The quantitative estimate of drug-likeness (QED) is 0.924. The molecule has 0 aromatic carbocycles. The summed E-state index contributed by atoms with van der Waals surface area (Å²) in [5.41, 5.74) is 0.557. The van der Waals surface area contributed by atoms with E-state index >= 15 is 0 Å². The highest BCUT2D eigenvalue weighted by Gasteiger charge is 2.33. The van der Waals surface area contributed by atoms with Crippen molar-refractivity contribution in [1.29, 1.82) is 0 Å². The lowest BCUT2D eigenvalue weighted by Crippen LogP contribution is -2.57. The molecule has 0 spiro atoms. The van der Waals surface area contributed by atoms with Gasteiger partial charge in [0.2, 0.25) is 0 Å². The number of anilines is 1. The Morgan fingerprint density at radius 2 is 2.10 bits per heavy atom. The Labute approximate surface area is 120 Å². The molecule has 112 valence electrons. The maximum absolute atomic E-state index is 11.8. The minimum Gasteiger partial charge on any atom is -0.444 e. The summed E-state index contributed by atoms with van der Waals surface area (Å²) in [4.78, 5) is 13.5. The van der Waals surface area contributed by atoms with Gasteiger partial charge in [-0.25, -0.2) is 4.79 Å². The fourth-order valence-electron chi connectivity index (χ4n) is 1.98. The second-order valence-corrected chi connectivity index (χ2v) is 6.53. The molecule has 1 aliphatic heterocycles. The number of rotatable bonds is 3. The zero-order valence-corrected chi connectivity index (χ0v) is 12.9. The molecule has 1 aromatic rings. The second kappa shape index (κ2) is 5.34. The molecule has 1 saturated heterocycles. The van der Waals surface area contributed by atoms with E-state index in [0.29, 0.717) is 19.1 Å². The first-order chi connectivity index (χ1) is 9.24. The van der Waals surface area contributed by atoms with Gasteiger partial charge in [-0.3, -0.25) is 4.68 Å². The lowest BCUT2D eigenvalue weighted by Gasteiger charge is -2.40. The van der Waals surface area contributed by atoms with Crippen molar-refractivity contribution in [3.05, 3.63) is 12.4 Å². The van der Waals surface area contributed by atoms with Crippen LogP contribution in [0, 0.1) is 0 Å². The molecule has 2 rings (SSSR count). The van der Waals surface area contributed by atoms with Crippen molar-refractivity contribution in [1.82, 2.24) is 14.7 Å². The van der Waals surface area contributed by atoms with E-state index < -0.39 is 5.60 Å². The molecule has 0 bridgehead atoms. The number of nitrogens with one attached hydrogen (secondary N) is 1. The summed E-state index contributed by atoms with van der Waals surface area (Å²) in [5, 5.41) is 7.65. The number of aromatic nitrogens is 2. The molecule has 0 aliphatic carbocycles. The monoisotopic (exact) mass is 280 g/mol. The van der Waals surface area contributed by atoms with Crippen molar-refractivity contribution in [3.63, 3.8) is 0 Å². The van der Waals surface area contributed by atoms with Gasteiger partial charge in [-0.15, -0.1) is 0 Å². The van der Waals surface area contributed by atoms with Crippen molar-refractivity contribution in [3.8, 4) is 0 Å². The van der Waals surface area contributed by atoms with Crippen LogP contribution in [0.2, 0.25) is 0 Å². The maximum atomic E-state index is 11.8. The molecular weight excluding hydrogens is 256 g/mol. The van der Waals surface area contributed by atoms with E-state index in [4.69, 9.17) is 4.74 Å². The van der Waals surface area contributed by atoms with Gasteiger partial charge in [-0.1, -0.05) is 0 Å². The molecule has 0 unspecified atom stereocenters. The Kier molecular flexibility index (Phi) is 3.92. The number of amides is 1. The Morgan fingerprint density at radius 3 is 2.60 bits per heavy atom. The fraction of sp³-hybridized carbons (Fsp3) is 0.714. The molecule has 1 N–H and O–H groups in total. The summed E-state index contributed by atoms with van der Waals surface area (Å²) in [5.74, 6) is 0. The molecule has 20 heavy (non-hydrogen) atoms. The van der Waals surface area contributed by atoms with Crippen LogP contribution in [-0.4, -0.2) is 45.5 Å². The van der Waals surface area contributed by atoms with Crippen LogP contribution in [0.25, 0.3) is 0 Å². The summed E-state index contributed by atoms with van der Waals surface area (Å²) in [6.07, 6.45) is 3.56. The van der Waals surface area contributed by atoms with Gasteiger partial charge in [-0.2, -0.15) is 5.10 Å². The summed E-state index contributed by atoms with van der Waals surface area (Å²) in [6.45, 7) is 11.1. The van der Waals surface area contributed by atoms with E-state index in [2.05, 4.69) is 24.3 Å². The van der Waals surface area contributed by atoms with Gasteiger partial charge < -0.3 is 15.0 Å². The van der Waals surface area contributed by atoms with Crippen molar-refractivity contribution < 1.29 is 9.53 Å². The van der Waals surface area contributed by atoms with E-state index in [1.165, 1.54) is 0 Å². The minimum absolute atomic E-state index is 0.242. The largest absolute Gasteiger partial charge is 0.444 e. The average Bonchev–Trinajstić information content (AvgIpc) is 2.68. The predicted octanol–water partition coefficient (Wildman–Crippen LogP) is 2.50. The number of ether oxygens (including phenoxy) is 1. The zero-order valence-electron chi connectivity index (χ0n) is 12.9. The van der Waals surface area contributed by atoms with Gasteiger partial charge in [0.15, 0.2) is 0 Å². The van der Waals surface area contributed by atoms with Crippen LogP contribution in [0.3, 0.4) is 0 Å². The lowest BCUT2D eigenvalue weighted by atomic mass is 10.1. The predicted molar refractivity (Wildman–Crippen MR) is 77.8 cm³/mol. The van der Waals surface area contributed by atoms with E-state index in [0.717, 1.165) is 5.69 Å². The number of hydrogen-bond acceptors (Lipinski definition) is 4. The highest BCUT2D eigenvalue weighted by atomic mass is 16.6. The number of nitrogens with zero attached hydrogens (tertiary/aromatic N) is 3. The standard InChI is InChI=1S/C14H24N4O2/c1-10(2)18-9-11(6-15-18)16-12-7-17(8-12)13(19)20-14(3,4)5/h6,9-10,12,16H,7-8H2,1-5H3. The maximum Gasteiger partial charge on any atom is 0.410 e. The first kappa shape index (κ1) is 14.7. The third kappa shape index (κ3) is 3.65. The van der Waals surface area contributed by atoms with Crippen molar-refractivity contribution in [2.24, 2.45) is 0 Å². The van der Waals surface area contributed by atoms with Crippen LogP contribution in [0.4, 0.5) is 10.5 Å². The Hall–Kier alpha value is -1.72. The molecule has 1 amide bonds. The van der Waals surface area contributed by atoms with Crippen molar-refractivity contribution in [2.45, 2.75) is 52.3 Å². The first-order valence-electron chi connectivity index (χ1n) is 7.03. The average molecular weight is 280 g/mol. The molecule has 0 radical (unpaired) electrons. The molecule has 0 atom stereocenters. The van der Waals surface area contributed by atoms with E-state index in [9.17, 15) is 4.79 Å². The topological polar surface area (TPSA) is 59.4 Å². The third-order valence-electron chi connectivity index (χ3n) is 3.03. The Morgan fingerprint density at radius 1 is 1.45 bits per heavy atom. The number of carbonyl (C=O) groups excluding carboxylic acids is 1. The lowest BCUT2D eigenvalue weighted by molar-refractivity contribution is 0.0105. The van der Waals surface area contributed by atoms with Crippen molar-refractivity contribution in [2.75, 3.05) is 18.4 Å². The number of hydrogen-bond donors (Lipinski definition) is 1. The van der Waals surface area contributed by atoms with Crippen LogP contribution >= 0.6 is 0 Å². The Balaban J connectivity index is 1.77. The smallest absolute Gasteiger partial charge is 0.410 e. The van der Waals surface area contributed by atoms with E-state index in [-0.39, 0.29) is 12.1 Å². The van der Waals surface area contributed by atoms with Crippen LogP contribution < -0.4 is 5.32 Å². The van der Waals surface area contributed by atoms with Gasteiger partial charge in [0.05, 0.1) is 17.9 Å². The number of likely N-dealkylation sites (tertiary alicyclic amines) is 1. The number of carbonyl (C=O) groups is 1. The molecule has 6 heteroatoms. The van der Waals surface area contributed by atoms with Crippen LogP contribution in [0.5, 0.6) is 0 Å². The molecule has 0 saturated carbocycles. The zero-order chi connectivity index (χ0) is 14.9. The van der Waals surface area contributed by atoms with Crippen LogP contribution in [-0.2, 0) is 4.74 Å². The molecule has 1 aliphatic rings. The molecule has 1 aromatic heterocycles. The van der Waals surface area contributed by atoms with E-state index in [1.807, 2.05) is 37.8 Å². The van der Waals surface area contributed by atoms with Crippen LogP contribution in [0.15, 0.2) is 12.4 Å². The van der Waals surface area contributed by atoms with Crippen molar-refractivity contribution >= 4 is 11.8 Å². The van der Waals surface area contributed by atoms with Gasteiger partial charge in [-0.05, 0) is 34.6 Å². The summed E-state index contributed by atoms with van der Waals surface area (Å²) in [6, 6.07) is 0.623. The summed E-state index contributed by atoms with van der Waals surface area (Å²) < 4.78 is 7.23. The SMILES string of the molecule is CC(C)n1cc(NC2CN(C(=O)OC(C)(C)C)C2)cn1. The van der Waals surface area contributed by atoms with Gasteiger partial charge in [0, 0.05) is 25.3 Å². The summed E-state index contributed by atoms with van der Waals surface area (Å²) in [7, 11) is 0. The fourth-order valence-corrected chi connectivity index (χ4v) is 1.98. The first-order valence-corrected chi connectivity index (χ1v) is 7.03. The third-order valence-corrected chi connectivity index (χ3v) is 3.03. The van der Waals surface area contributed by atoms with Gasteiger partial charge >= 0.3 is 6.09 Å². The molecule has 1 fully saturated rings. The van der Waals surface area contributed by atoms with Gasteiger partial charge in [0.25, 0.3) is 0 Å². The molecule has 2 heterocycles. The second-order valence-electron chi connectivity index (χ2n) is 6.53. The normalized spacial score (nSPS) is 16.2. The minimum atomic E-state index is -0.437. The van der Waals surface area contributed by atoms with Gasteiger partial charge in [0.1, 0.15) is 5.60 Å². The van der Waals surface area contributed by atoms with E-state index in [1.54, 1.807) is 4.90 Å². The highest BCUT2D eigenvalue weighted by Crippen LogP contribution is 2.19. The van der Waals surface area contributed by atoms with Crippen LogP contribution in [0.1, 0.15) is 40.7 Å². The molecular formula is C14H24N4O2.